The second kappa shape index (κ2) is 8.12. The van der Waals surface area contributed by atoms with Crippen LogP contribution in [-0.4, -0.2) is 26.5 Å². The maximum atomic E-state index is 13.0. The van der Waals surface area contributed by atoms with E-state index < -0.39 is 0 Å². The summed E-state index contributed by atoms with van der Waals surface area (Å²) in [6.07, 6.45) is 3.36. The molecule has 6 nitrogen and oxygen atoms in total. The average Bonchev–Trinajstić information content (AvgIpc) is 2.70. The van der Waals surface area contributed by atoms with Crippen molar-refractivity contribution in [1.29, 1.82) is 0 Å². The van der Waals surface area contributed by atoms with Crippen molar-refractivity contribution in [3.05, 3.63) is 58.5 Å². The van der Waals surface area contributed by atoms with Gasteiger partial charge in [-0.3, -0.25) is 14.2 Å². The summed E-state index contributed by atoms with van der Waals surface area (Å²) in [7, 11) is 0. The van der Waals surface area contributed by atoms with Crippen molar-refractivity contribution in [2.45, 2.75) is 46.2 Å². The topological polar surface area (TPSA) is 76.9 Å². The summed E-state index contributed by atoms with van der Waals surface area (Å²) in [5.74, 6) is -0.116. The molecule has 0 radical (unpaired) electrons. The molecule has 0 aliphatic rings. The number of pyridine rings is 1. The highest BCUT2D eigenvalue weighted by molar-refractivity contribution is 5.94. The zero-order chi connectivity index (χ0) is 19.4. The molecule has 27 heavy (non-hydrogen) atoms. The Morgan fingerprint density at radius 2 is 1.93 bits per heavy atom. The molecule has 6 heteroatoms. The molecular weight excluding hydrogens is 340 g/mol. The van der Waals surface area contributed by atoms with Gasteiger partial charge in [-0.25, -0.2) is 9.97 Å². The van der Waals surface area contributed by atoms with Crippen molar-refractivity contribution in [1.82, 2.24) is 19.9 Å². The minimum atomic E-state index is -0.167. The predicted molar refractivity (Wildman–Crippen MR) is 107 cm³/mol. The molecule has 1 amide bonds. The summed E-state index contributed by atoms with van der Waals surface area (Å²) in [6, 6.07) is 10.8. The summed E-state index contributed by atoms with van der Waals surface area (Å²) in [5, 5.41) is 2.94. The number of fused-ring (bicyclic) bond motifs is 1. The summed E-state index contributed by atoms with van der Waals surface area (Å²) < 4.78 is 1.67. The fraction of sp³-hybridized carbons (Fsp3) is 0.333. The van der Waals surface area contributed by atoms with E-state index in [9.17, 15) is 9.59 Å². The molecule has 1 unspecified atom stereocenters. The maximum Gasteiger partial charge on any atom is 0.278 e. The van der Waals surface area contributed by atoms with Gasteiger partial charge in [-0.2, -0.15) is 0 Å². The SMILES string of the molecule is CCCn1c(=O)c(-c2ccc(C(=O)NC(C)CC)cc2)nc2cccnc21. The standard InChI is InChI=1S/C21H24N4O2/c1-4-13-25-19-17(7-6-12-22-19)24-18(21(25)27)15-8-10-16(11-9-15)20(26)23-14(3)5-2/h6-12,14H,4-5,13H2,1-3H3,(H,23,26). The molecule has 0 saturated carbocycles. The molecule has 1 atom stereocenters. The van der Waals surface area contributed by atoms with Gasteiger partial charge >= 0.3 is 0 Å². The lowest BCUT2D eigenvalue weighted by molar-refractivity contribution is 0.0939. The first-order valence-corrected chi connectivity index (χ1v) is 9.32. The van der Waals surface area contributed by atoms with Crippen molar-refractivity contribution >= 4 is 17.1 Å². The van der Waals surface area contributed by atoms with E-state index in [1.807, 2.05) is 32.9 Å². The van der Waals surface area contributed by atoms with Gasteiger partial charge in [-0.15, -0.1) is 0 Å². The van der Waals surface area contributed by atoms with Gasteiger partial charge in [-0.05, 0) is 44.0 Å². The number of carbonyl (C=O) groups is 1. The Labute approximate surface area is 158 Å². The van der Waals surface area contributed by atoms with Crippen molar-refractivity contribution in [2.24, 2.45) is 0 Å². The van der Waals surface area contributed by atoms with E-state index in [1.165, 1.54) is 0 Å². The molecule has 1 aromatic carbocycles. The zero-order valence-electron chi connectivity index (χ0n) is 15.9. The van der Waals surface area contributed by atoms with E-state index in [0.717, 1.165) is 12.8 Å². The maximum absolute atomic E-state index is 13.0. The number of benzene rings is 1. The van der Waals surface area contributed by atoms with Gasteiger partial charge in [0.05, 0.1) is 0 Å². The summed E-state index contributed by atoms with van der Waals surface area (Å²) in [4.78, 5) is 34.0. The van der Waals surface area contributed by atoms with Gasteiger partial charge in [-0.1, -0.05) is 26.0 Å². The van der Waals surface area contributed by atoms with Crippen LogP contribution in [0.3, 0.4) is 0 Å². The summed E-state index contributed by atoms with van der Waals surface area (Å²) in [6.45, 7) is 6.59. The van der Waals surface area contributed by atoms with Crippen LogP contribution in [0.5, 0.6) is 0 Å². The second-order valence-corrected chi connectivity index (χ2v) is 6.62. The molecule has 2 aromatic heterocycles. The van der Waals surface area contributed by atoms with Crippen LogP contribution in [0.1, 0.15) is 44.0 Å². The number of nitrogens with one attached hydrogen (secondary N) is 1. The Kier molecular flexibility index (Phi) is 5.64. The Hall–Kier alpha value is -3.02. The highest BCUT2D eigenvalue weighted by Crippen LogP contribution is 2.18. The summed E-state index contributed by atoms with van der Waals surface area (Å²) in [5.41, 5.74) is 2.74. The molecule has 0 fully saturated rings. The lowest BCUT2D eigenvalue weighted by Crippen LogP contribution is -2.31. The van der Waals surface area contributed by atoms with E-state index in [0.29, 0.717) is 34.5 Å². The highest BCUT2D eigenvalue weighted by Gasteiger charge is 2.14. The summed E-state index contributed by atoms with van der Waals surface area (Å²) >= 11 is 0. The monoisotopic (exact) mass is 364 g/mol. The van der Waals surface area contributed by atoms with Crippen LogP contribution < -0.4 is 10.9 Å². The molecule has 0 aliphatic carbocycles. The van der Waals surface area contributed by atoms with Crippen LogP contribution in [0, 0.1) is 0 Å². The van der Waals surface area contributed by atoms with E-state index in [4.69, 9.17) is 0 Å². The van der Waals surface area contributed by atoms with Crippen LogP contribution in [0.4, 0.5) is 0 Å². The first-order valence-electron chi connectivity index (χ1n) is 9.32. The van der Waals surface area contributed by atoms with Crippen LogP contribution >= 0.6 is 0 Å². The number of aromatic nitrogens is 3. The minimum absolute atomic E-state index is 0.116. The third-order valence-electron chi connectivity index (χ3n) is 4.56. The van der Waals surface area contributed by atoms with Crippen LogP contribution in [0.2, 0.25) is 0 Å². The van der Waals surface area contributed by atoms with E-state index in [2.05, 4.69) is 15.3 Å². The highest BCUT2D eigenvalue weighted by atomic mass is 16.1. The molecule has 0 bridgehead atoms. The van der Waals surface area contributed by atoms with Crippen molar-refractivity contribution in [3.63, 3.8) is 0 Å². The molecule has 140 valence electrons. The Balaban J connectivity index is 2.01. The normalized spacial score (nSPS) is 12.1. The molecule has 0 aliphatic heterocycles. The fourth-order valence-electron chi connectivity index (χ4n) is 2.88. The van der Waals surface area contributed by atoms with Gasteiger partial charge in [0.2, 0.25) is 0 Å². The van der Waals surface area contributed by atoms with Gasteiger partial charge in [0.15, 0.2) is 5.65 Å². The lowest BCUT2D eigenvalue weighted by atomic mass is 10.1. The molecule has 2 heterocycles. The molecule has 1 N–H and O–H groups in total. The zero-order valence-corrected chi connectivity index (χ0v) is 15.9. The quantitative estimate of drug-likeness (QED) is 0.727. The average molecular weight is 364 g/mol. The lowest BCUT2D eigenvalue weighted by Gasteiger charge is -2.12. The van der Waals surface area contributed by atoms with Crippen molar-refractivity contribution < 1.29 is 4.79 Å². The minimum Gasteiger partial charge on any atom is -0.350 e. The van der Waals surface area contributed by atoms with Crippen LogP contribution in [0.15, 0.2) is 47.4 Å². The van der Waals surface area contributed by atoms with Gasteiger partial charge in [0.25, 0.3) is 11.5 Å². The second-order valence-electron chi connectivity index (χ2n) is 6.62. The van der Waals surface area contributed by atoms with Crippen LogP contribution in [-0.2, 0) is 6.54 Å². The number of rotatable bonds is 6. The van der Waals surface area contributed by atoms with Gasteiger partial charge < -0.3 is 5.32 Å². The van der Waals surface area contributed by atoms with Crippen molar-refractivity contribution in [3.8, 4) is 11.3 Å². The van der Waals surface area contributed by atoms with E-state index in [-0.39, 0.29) is 17.5 Å². The van der Waals surface area contributed by atoms with E-state index in [1.54, 1.807) is 35.0 Å². The third kappa shape index (κ3) is 3.89. The van der Waals surface area contributed by atoms with Gasteiger partial charge in [0.1, 0.15) is 11.2 Å². The predicted octanol–water partition coefficient (Wildman–Crippen LogP) is 3.40. The Morgan fingerprint density at radius 1 is 1.19 bits per heavy atom. The Morgan fingerprint density at radius 3 is 2.59 bits per heavy atom. The van der Waals surface area contributed by atoms with Gasteiger partial charge in [0, 0.05) is 29.9 Å². The molecule has 3 aromatic rings. The smallest absolute Gasteiger partial charge is 0.278 e. The first kappa shape index (κ1) is 18.8. The molecular formula is C21H24N4O2. The Bertz CT molecular complexity index is 1010. The number of hydrogen-bond acceptors (Lipinski definition) is 4. The van der Waals surface area contributed by atoms with Crippen molar-refractivity contribution in [2.75, 3.05) is 0 Å². The number of aryl methyl sites for hydroxylation is 1. The largest absolute Gasteiger partial charge is 0.350 e. The van der Waals surface area contributed by atoms with E-state index >= 15 is 0 Å². The molecule has 0 saturated heterocycles. The number of nitrogens with zero attached hydrogens (tertiary/aromatic N) is 3. The third-order valence-corrected chi connectivity index (χ3v) is 4.56. The fourth-order valence-corrected chi connectivity index (χ4v) is 2.88. The number of hydrogen-bond donors (Lipinski definition) is 1. The molecule has 0 spiro atoms. The first-order chi connectivity index (χ1) is 13.0. The number of amides is 1. The molecule has 3 rings (SSSR count). The number of carbonyl (C=O) groups excluding carboxylic acids is 1. The van der Waals surface area contributed by atoms with Crippen LogP contribution in [0.25, 0.3) is 22.4 Å².